The van der Waals surface area contributed by atoms with E-state index in [4.69, 9.17) is 27.9 Å². The number of halogens is 2. The number of carbonyl (C=O) groups excluding carboxylic acids is 2. The molecule has 1 N–H and O–H groups in total. The number of ether oxygens (including phenoxy) is 1. The van der Waals surface area contributed by atoms with E-state index in [1.807, 2.05) is 31.2 Å². The van der Waals surface area contributed by atoms with Crippen LogP contribution < -0.4 is 10.1 Å². The Morgan fingerprint density at radius 2 is 1.81 bits per heavy atom. The molecule has 0 aromatic heterocycles. The minimum Gasteiger partial charge on any atom is -0.482 e. The summed E-state index contributed by atoms with van der Waals surface area (Å²) in [5, 5.41) is 3.91. The molecule has 0 saturated heterocycles. The minimum atomic E-state index is -0.626. The molecule has 166 valence electrons. The molecule has 0 spiro atoms. The first-order chi connectivity index (χ1) is 14.8. The Hall–Kier alpha value is -2.24. The second kappa shape index (κ2) is 10.9. The molecule has 2 aromatic carbocycles. The Morgan fingerprint density at radius 3 is 2.45 bits per heavy atom. The van der Waals surface area contributed by atoms with Gasteiger partial charge in [0.05, 0.1) is 5.02 Å². The monoisotopic (exact) mass is 462 g/mol. The fraction of sp³-hybridized carbons (Fsp3) is 0.417. The SMILES string of the molecule is Cc1ccc(CN(C(=O)COc2ccc(Cl)cc2Cl)[C@H](C)C(=O)NC2CCCC2)cc1. The summed E-state index contributed by atoms with van der Waals surface area (Å²) < 4.78 is 5.64. The smallest absolute Gasteiger partial charge is 0.261 e. The van der Waals surface area contributed by atoms with Gasteiger partial charge in [-0.15, -0.1) is 0 Å². The van der Waals surface area contributed by atoms with Gasteiger partial charge in [-0.1, -0.05) is 65.9 Å². The van der Waals surface area contributed by atoms with Crippen LogP contribution in [0.5, 0.6) is 5.75 Å². The molecular weight excluding hydrogens is 435 g/mol. The first-order valence-electron chi connectivity index (χ1n) is 10.6. The zero-order valence-electron chi connectivity index (χ0n) is 17.9. The van der Waals surface area contributed by atoms with Gasteiger partial charge in [0.15, 0.2) is 6.61 Å². The topological polar surface area (TPSA) is 58.6 Å². The van der Waals surface area contributed by atoms with Gasteiger partial charge in [-0.3, -0.25) is 9.59 Å². The van der Waals surface area contributed by atoms with E-state index in [0.29, 0.717) is 22.3 Å². The third-order valence-corrected chi connectivity index (χ3v) is 6.12. The molecule has 1 saturated carbocycles. The summed E-state index contributed by atoms with van der Waals surface area (Å²) >= 11 is 12.1. The molecule has 31 heavy (non-hydrogen) atoms. The summed E-state index contributed by atoms with van der Waals surface area (Å²) in [5.74, 6) is -0.0599. The van der Waals surface area contributed by atoms with E-state index in [1.54, 1.807) is 30.0 Å². The fourth-order valence-electron chi connectivity index (χ4n) is 3.68. The van der Waals surface area contributed by atoms with E-state index in [0.717, 1.165) is 36.8 Å². The number of rotatable bonds is 8. The van der Waals surface area contributed by atoms with Gasteiger partial charge < -0.3 is 15.0 Å². The minimum absolute atomic E-state index is 0.142. The highest BCUT2D eigenvalue weighted by Gasteiger charge is 2.28. The van der Waals surface area contributed by atoms with Gasteiger partial charge in [-0.2, -0.15) is 0 Å². The lowest BCUT2D eigenvalue weighted by Crippen LogP contribution is -2.50. The van der Waals surface area contributed by atoms with Crippen LogP contribution in [0, 0.1) is 6.92 Å². The maximum atomic E-state index is 13.1. The molecule has 1 aliphatic rings. The number of hydrogen-bond donors (Lipinski definition) is 1. The first-order valence-corrected chi connectivity index (χ1v) is 11.3. The molecule has 0 aliphatic heterocycles. The van der Waals surface area contributed by atoms with Gasteiger partial charge in [0.25, 0.3) is 5.91 Å². The largest absolute Gasteiger partial charge is 0.482 e. The fourth-order valence-corrected chi connectivity index (χ4v) is 4.14. The van der Waals surface area contributed by atoms with Crippen LogP contribution in [0.2, 0.25) is 10.0 Å². The maximum Gasteiger partial charge on any atom is 0.261 e. The van der Waals surface area contributed by atoms with Gasteiger partial charge in [-0.05, 0) is 50.5 Å². The van der Waals surface area contributed by atoms with E-state index < -0.39 is 6.04 Å². The van der Waals surface area contributed by atoms with Crippen molar-refractivity contribution in [3.05, 3.63) is 63.6 Å². The summed E-state index contributed by atoms with van der Waals surface area (Å²) in [6.07, 6.45) is 4.23. The molecule has 0 radical (unpaired) electrons. The zero-order chi connectivity index (χ0) is 22.4. The lowest BCUT2D eigenvalue weighted by molar-refractivity contribution is -0.142. The molecule has 0 bridgehead atoms. The van der Waals surface area contributed by atoms with Crippen LogP contribution in [-0.2, 0) is 16.1 Å². The second-order valence-corrected chi connectivity index (χ2v) is 8.88. The van der Waals surface area contributed by atoms with Crippen molar-refractivity contribution in [3.63, 3.8) is 0 Å². The molecule has 5 nitrogen and oxygen atoms in total. The number of hydrogen-bond acceptors (Lipinski definition) is 3. The summed E-state index contributed by atoms with van der Waals surface area (Å²) in [5.41, 5.74) is 2.08. The van der Waals surface area contributed by atoms with Crippen molar-refractivity contribution in [2.24, 2.45) is 0 Å². The molecule has 2 aromatic rings. The summed E-state index contributed by atoms with van der Waals surface area (Å²) in [7, 11) is 0. The van der Waals surface area contributed by atoms with E-state index in [2.05, 4.69) is 5.32 Å². The normalized spacial score (nSPS) is 14.8. The Labute approximate surface area is 193 Å². The van der Waals surface area contributed by atoms with Crippen molar-refractivity contribution in [3.8, 4) is 5.75 Å². The van der Waals surface area contributed by atoms with Crippen LogP contribution in [0.1, 0.15) is 43.7 Å². The maximum absolute atomic E-state index is 13.1. The van der Waals surface area contributed by atoms with E-state index in [9.17, 15) is 9.59 Å². The average Bonchev–Trinajstić information content (AvgIpc) is 3.25. The predicted molar refractivity (Wildman–Crippen MR) is 124 cm³/mol. The molecule has 3 rings (SSSR count). The van der Waals surface area contributed by atoms with Crippen molar-refractivity contribution in [2.45, 2.75) is 58.2 Å². The molecular formula is C24H28Cl2N2O3. The van der Waals surface area contributed by atoms with E-state index in [1.165, 1.54) is 0 Å². The number of amides is 2. The first kappa shape index (κ1) is 23.4. The third kappa shape index (κ3) is 6.62. The molecule has 1 fully saturated rings. The highest BCUT2D eigenvalue weighted by molar-refractivity contribution is 6.35. The molecule has 2 amide bonds. The highest BCUT2D eigenvalue weighted by Crippen LogP contribution is 2.27. The molecule has 0 unspecified atom stereocenters. The van der Waals surface area contributed by atoms with Crippen molar-refractivity contribution in [1.29, 1.82) is 0 Å². The van der Waals surface area contributed by atoms with Crippen LogP contribution in [0.15, 0.2) is 42.5 Å². The van der Waals surface area contributed by atoms with Crippen LogP contribution >= 0.6 is 23.2 Å². The van der Waals surface area contributed by atoms with Gasteiger partial charge in [0.2, 0.25) is 5.91 Å². The second-order valence-electron chi connectivity index (χ2n) is 8.04. The van der Waals surface area contributed by atoms with Crippen LogP contribution in [0.3, 0.4) is 0 Å². The van der Waals surface area contributed by atoms with Gasteiger partial charge >= 0.3 is 0 Å². The summed E-state index contributed by atoms with van der Waals surface area (Å²) in [6.45, 7) is 3.85. The van der Waals surface area contributed by atoms with Crippen molar-refractivity contribution < 1.29 is 14.3 Å². The Bertz CT molecular complexity index is 912. The summed E-state index contributed by atoms with van der Waals surface area (Å²) in [6, 6.07) is 12.3. The number of nitrogens with zero attached hydrogens (tertiary/aromatic N) is 1. The third-order valence-electron chi connectivity index (χ3n) is 5.59. The molecule has 1 aliphatic carbocycles. The van der Waals surface area contributed by atoms with Crippen LogP contribution in [0.25, 0.3) is 0 Å². The van der Waals surface area contributed by atoms with Crippen molar-refractivity contribution in [1.82, 2.24) is 10.2 Å². The Kier molecular flexibility index (Phi) is 8.22. The lowest BCUT2D eigenvalue weighted by atomic mass is 10.1. The number of nitrogens with one attached hydrogen (secondary N) is 1. The number of carbonyl (C=O) groups is 2. The van der Waals surface area contributed by atoms with Gasteiger partial charge in [0.1, 0.15) is 11.8 Å². The quantitative estimate of drug-likeness (QED) is 0.589. The van der Waals surface area contributed by atoms with Crippen molar-refractivity contribution in [2.75, 3.05) is 6.61 Å². The molecule has 7 heteroatoms. The molecule has 0 heterocycles. The van der Waals surface area contributed by atoms with Crippen LogP contribution in [-0.4, -0.2) is 35.4 Å². The van der Waals surface area contributed by atoms with Crippen LogP contribution in [0.4, 0.5) is 0 Å². The summed E-state index contributed by atoms with van der Waals surface area (Å²) in [4.78, 5) is 27.5. The van der Waals surface area contributed by atoms with E-state index >= 15 is 0 Å². The van der Waals surface area contributed by atoms with E-state index in [-0.39, 0.29) is 24.5 Å². The van der Waals surface area contributed by atoms with Crippen molar-refractivity contribution >= 4 is 35.0 Å². The van der Waals surface area contributed by atoms with Gasteiger partial charge in [0, 0.05) is 17.6 Å². The highest BCUT2D eigenvalue weighted by atomic mass is 35.5. The predicted octanol–water partition coefficient (Wildman–Crippen LogP) is 5.16. The Morgan fingerprint density at radius 1 is 1.13 bits per heavy atom. The standard InChI is InChI=1S/C24H28Cl2N2O3/c1-16-7-9-18(10-8-16)14-28(17(2)24(30)27-20-5-3-4-6-20)23(29)15-31-22-12-11-19(25)13-21(22)26/h7-13,17,20H,3-6,14-15H2,1-2H3,(H,27,30)/t17-/m1/s1. The van der Waals surface area contributed by atoms with Gasteiger partial charge in [-0.25, -0.2) is 0 Å². The average molecular weight is 463 g/mol. The number of benzene rings is 2. The Balaban J connectivity index is 1.72. The number of aryl methyl sites for hydroxylation is 1. The lowest BCUT2D eigenvalue weighted by Gasteiger charge is -2.29. The molecule has 1 atom stereocenters. The zero-order valence-corrected chi connectivity index (χ0v) is 19.4.